The summed E-state index contributed by atoms with van der Waals surface area (Å²) in [6.07, 6.45) is -2.35. The van der Waals surface area contributed by atoms with Crippen LogP contribution in [-0.2, 0) is 15.7 Å². The molecule has 0 saturated heterocycles. The second-order valence-electron chi connectivity index (χ2n) is 8.56. The SMILES string of the molecule is COc1ccc(-n2nnnc2C(F)(F)F)nc1C1=CC2(CCC(C(=O)O)C2c2ccc(F)cc2)OC1. The van der Waals surface area contributed by atoms with E-state index in [2.05, 4.69) is 20.5 Å². The number of pyridine rings is 1. The first kappa shape index (κ1) is 23.9. The lowest BCUT2D eigenvalue weighted by atomic mass is 9.79. The van der Waals surface area contributed by atoms with Crippen molar-refractivity contribution in [3.8, 4) is 11.6 Å². The summed E-state index contributed by atoms with van der Waals surface area (Å²) in [6, 6.07) is 8.33. The largest absolute Gasteiger partial charge is 0.494 e. The molecule has 1 aliphatic carbocycles. The van der Waals surface area contributed by atoms with Crippen molar-refractivity contribution in [3.63, 3.8) is 0 Å². The van der Waals surface area contributed by atoms with Crippen LogP contribution in [-0.4, -0.2) is 55.6 Å². The zero-order valence-corrected chi connectivity index (χ0v) is 18.7. The first-order valence-electron chi connectivity index (χ1n) is 10.9. The molecule has 1 fully saturated rings. The molecule has 1 aliphatic heterocycles. The van der Waals surface area contributed by atoms with Gasteiger partial charge in [0.2, 0.25) is 0 Å². The van der Waals surface area contributed by atoms with Gasteiger partial charge in [-0.2, -0.15) is 17.9 Å². The number of carboxylic acids is 1. The Bertz CT molecular complexity index is 1340. The van der Waals surface area contributed by atoms with Crippen LogP contribution in [0.25, 0.3) is 11.4 Å². The Morgan fingerprint density at radius 1 is 1.22 bits per heavy atom. The predicted molar refractivity (Wildman–Crippen MR) is 115 cm³/mol. The molecular weight excluding hydrogens is 486 g/mol. The second-order valence-corrected chi connectivity index (χ2v) is 8.56. The fraction of sp³-hybridized carbons (Fsp3) is 0.348. The zero-order chi connectivity index (χ0) is 25.7. The molecule has 188 valence electrons. The summed E-state index contributed by atoms with van der Waals surface area (Å²) in [4.78, 5) is 16.4. The maximum Gasteiger partial charge on any atom is 0.453 e. The molecule has 36 heavy (non-hydrogen) atoms. The third-order valence-electron chi connectivity index (χ3n) is 6.54. The van der Waals surface area contributed by atoms with Crippen molar-refractivity contribution in [2.24, 2.45) is 5.92 Å². The van der Waals surface area contributed by atoms with Gasteiger partial charge in [0.15, 0.2) is 5.82 Å². The summed E-state index contributed by atoms with van der Waals surface area (Å²) in [7, 11) is 1.39. The number of carbonyl (C=O) groups is 1. The highest BCUT2D eigenvalue weighted by atomic mass is 19.4. The van der Waals surface area contributed by atoms with Crippen LogP contribution >= 0.6 is 0 Å². The molecular formula is C23H19F4N5O4. The maximum absolute atomic E-state index is 13.6. The Balaban J connectivity index is 1.58. The Hall–Kier alpha value is -3.87. The summed E-state index contributed by atoms with van der Waals surface area (Å²) >= 11 is 0. The molecule has 1 saturated carbocycles. The summed E-state index contributed by atoms with van der Waals surface area (Å²) < 4.78 is 65.6. The number of rotatable bonds is 5. The summed E-state index contributed by atoms with van der Waals surface area (Å²) in [5.41, 5.74) is 0.307. The van der Waals surface area contributed by atoms with Crippen LogP contribution in [0.1, 0.15) is 35.8 Å². The number of hydrogen-bond donors (Lipinski definition) is 1. The molecule has 3 unspecified atom stereocenters. The van der Waals surface area contributed by atoms with Crippen molar-refractivity contribution in [3.05, 3.63) is 65.4 Å². The molecule has 1 aromatic carbocycles. The number of aliphatic carboxylic acids is 1. The molecule has 13 heteroatoms. The molecule has 5 rings (SSSR count). The van der Waals surface area contributed by atoms with Crippen LogP contribution < -0.4 is 4.74 Å². The van der Waals surface area contributed by atoms with E-state index in [1.54, 1.807) is 6.08 Å². The van der Waals surface area contributed by atoms with Gasteiger partial charge < -0.3 is 14.6 Å². The van der Waals surface area contributed by atoms with Crippen molar-refractivity contribution >= 4 is 11.5 Å². The molecule has 2 aliphatic rings. The molecule has 3 atom stereocenters. The van der Waals surface area contributed by atoms with E-state index >= 15 is 0 Å². The highest BCUT2D eigenvalue weighted by Gasteiger charge is 2.54. The van der Waals surface area contributed by atoms with E-state index in [9.17, 15) is 27.5 Å². The summed E-state index contributed by atoms with van der Waals surface area (Å²) in [5.74, 6) is -4.08. The maximum atomic E-state index is 13.6. The number of ether oxygens (including phenoxy) is 2. The molecule has 1 spiro atoms. The Labute approximate surface area is 201 Å². The fourth-order valence-corrected chi connectivity index (χ4v) is 5.01. The third kappa shape index (κ3) is 3.98. The minimum absolute atomic E-state index is 0.0125. The van der Waals surface area contributed by atoms with Crippen molar-refractivity contribution in [2.75, 3.05) is 13.7 Å². The number of aromatic nitrogens is 5. The van der Waals surface area contributed by atoms with Crippen LogP contribution in [0.3, 0.4) is 0 Å². The van der Waals surface area contributed by atoms with E-state index in [0.717, 1.165) is 0 Å². The van der Waals surface area contributed by atoms with E-state index in [0.29, 0.717) is 28.7 Å². The van der Waals surface area contributed by atoms with Crippen molar-refractivity contribution in [2.45, 2.75) is 30.5 Å². The number of alkyl halides is 3. The van der Waals surface area contributed by atoms with E-state index in [1.165, 1.54) is 43.5 Å². The van der Waals surface area contributed by atoms with Crippen molar-refractivity contribution in [1.82, 2.24) is 25.2 Å². The second kappa shape index (κ2) is 8.66. The lowest BCUT2D eigenvalue weighted by Gasteiger charge is -2.31. The number of benzene rings is 1. The summed E-state index contributed by atoms with van der Waals surface area (Å²) in [5, 5.41) is 19.4. The molecule has 0 radical (unpaired) electrons. The minimum Gasteiger partial charge on any atom is -0.494 e. The van der Waals surface area contributed by atoms with E-state index in [1.807, 2.05) is 0 Å². The van der Waals surface area contributed by atoms with Gasteiger partial charge in [-0.15, -0.1) is 5.10 Å². The van der Waals surface area contributed by atoms with Gasteiger partial charge >= 0.3 is 12.1 Å². The van der Waals surface area contributed by atoms with Crippen LogP contribution in [0.15, 0.2) is 42.5 Å². The van der Waals surface area contributed by atoms with Gasteiger partial charge in [-0.25, -0.2) is 9.37 Å². The lowest BCUT2D eigenvalue weighted by molar-refractivity contribution is -0.146. The number of methoxy groups -OCH3 is 1. The van der Waals surface area contributed by atoms with Gasteiger partial charge in [0.25, 0.3) is 5.82 Å². The van der Waals surface area contributed by atoms with E-state index < -0.39 is 41.2 Å². The standard InChI is InChI=1S/C23H19F4N5O4/c1-35-16-6-7-17(32-21(23(25,26)27)29-30-31-32)28-19(16)13-10-22(36-11-13)9-8-15(20(33)34)18(22)12-2-4-14(24)5-3-12/h2-7,10,15,18H,8-9,11H2,1H3,(H,33,34). The van der Waals surface area contributed by atoms with Crippen molar-refractivity contribution < 1.29 is 36.9 Å². The van der Waals surface area contributed by atoms with Crippen LogP contribution in [0.2, 0.25) is 0 Å². The lowest BCUT2D eigenvalue weighted by Crippen LogP contribution is -2.34. The van der Waals surface area contributed by atoms with Gasteiger partial charge in [-0.05, 0) is 59.2 Å². The number of hydrogen-bond acceptors (Lipinski definition) is 7. The third-order valence-corrected chi connectivity index (χ3v) is 6.54. The molecule has 1 N–H and O–H groups in total. The smallest absolute Gasteiger partial charge is 0.453 e. The average molecular weight is 505 g/mol. The highest BCUT2D eigenvalue weighted by molar-refractivity contribution is 5.76. The van der Waals surface area contributed by atoms with Gasteiger partial charge in [0.1, 0.15) is 17.3 Å². The monoisotopic (exact) mass is 505 g/mol. The van der Waals surface area contributed by atoms with E-state index in [-0.39, 0.29) is 23.9 Å². The van der Waals surface area contributed by atoms with Gasteiger partial charge in [0, 0.05) is 11.5 Å². The predicted octanol–water partition coefficient (Wildman–Crippen LogP) is 3.65. The minimum atomic E-state index is -4.80. The molecule has 9 nitrogen and oxygen atoms in total. The van der Waals surface area contributed by atoms with E-state index in [4.69, 9.17) is 9.47 Å². The van der Waals surface area contributed by atoms with Crippen LogP contribution in [0.5, 0.6) is 5.75 Å². The number of carboxylic acid groups (broad SMARTS) is 1. The Morgan fingerprint density at radius 2 is 1.97 bits per heavy atom. The van der Waals surface area contributed by atoms with Gasteiger partial charge in [-0.1, -0.05) is 12.1 Å². The quantitative estimate of drug-likeness (QED) is 0.523. The zero-order valence-electron chi connectivity index (χ0n) is 18.7. The molecule has 0 amide bonds. The normalized spacial score (nSPS) is 23.8. The Kier molecular flexibility index (Phi) is 5.74. The molecule has 0 bridgehead atoms. The van der Waals surface area contributed by atoms with Gasteiger partial charge in [-0.3, -0.25) is 4.79 Å². The molecule has 3 heterocycles. The fourth-order valence-electron chi connectivity index (χ4n) is 5.01. The van der Waals surface area contributed by atoms with Crippen molar-refractivity contribution in [1.29, 1.82) is 0 Å². The molecule has 2 aromatic heterocycles. The average Bonchev–Trinajstić information content (AvgIpc) is 3.58. The molecule has 3 aromatic rings. The topological polar surface area (TPSA) is 112 Å². The highest BCUT2D eigenvalue weighted by Crippen LogP contribution is 2.54. The van der Waals surface area contributed by atoms with Gasteiger partial charge in [0.05, 0.1) is 25.2 Å². The first-order valence-corrected chi connectivity index (χ1v) is 10.9. The number of tetrazole rings is 1. The Morgan fingerprint density at radius 3 is 2.64 bits per heavy atom. The summed E-state index contributed by atoms with van der Waals surface area (Å²) in [6.45, 7) is 0.0125. The number of halogens is 4. The van der Waals surface area contributed by atoms with Crippen LogP contribution in [0, 0.1) is 11.7 Å². The number of nitrogens with zero attached hydrogens (tertiary/aromatic N) is 5. The van der Waals surface area contributed by atoms with Crippen LogP contribution in [0.4, 0.5) is 17.6 Å². The first-order chi connectivity index (χ1) is 17.1.